The highest BCUT2D eigenvalue weighted by Gasteiger charge is 2.52. The summed E-state index contributed by atoms with van der Waals surface area (Å²) in [4.78, 5) is 34.1. The van der Waals surface area contributed by atoms with Crippen LogP contribution in [0.5, 0.6) is 0 Å². The van der Waals surface area contributed by atoms with Crippen LogP contribution < -0.4 is 5.32 Å². The zero-order valence-corrected chi connectivity index (χ0v) is 27.2. The highest BCUT2D eigenvalue weighted by molar-refractivity contribution is 6.47. The van der Waals surface area contributed by atoms with E-state index in [1.54, 1.807) is 12.1 Å². The third-order valence-electron chi connectivity index (χ3n) is 9.20. The number of carbonyl (C=O) groups is 2. The number of nitrogens with one attached hydrogen (secondary N) is 2. The summed E-state index contributed by atoms with van der Waals surface area (Å²) in [5, 5.41) is 16.1. The number of aromatic amines is 1. The van der Waals surface area contributed by atoms with Crippen molar-refractivity contribution in [2.45, 2.75) is 97.1 Å². The zero-order valence-electron chi connectivity index (χ0n) is 26.4. The molecule has 0 radical (unpaired) electrons. The van der Waals surface area contributed by atoms with Crippen molar-refractivity contribution < 1.29 is 22.8 Å². The summed E-state index contributed by atoms with van der Waals surface area (Å²) in [7, 11) is 0. The Balaban J connectivity index is 1.51. The monoisotopic (exact) mass is 657 g/mol. The number of aromatic nitrogens is 4. The number of rotatable bonds is 9. The molecule has 1 spiro atoms. The third-order valence-corrected chi connectivity index (χ3v) is 9.41. The smallest absolute Gasteiger partial charge is 0.345 e. The van der Waals surface area contributed by atoms with Crippen molar-refractivity contribution in [3.63, 3.8) is 0 Å². The molecule has 2 N–H and O–H groups in total. The number of tetrazole rings is 1. The van der Waals surface area contributed by atoms with E-state index in [4.69, 9.17) is 16.6 Å². The van der Waals surface area contributed by atoms with E-state index < -0.39 is 29.4 Å². The van der Waals surface area contributed by atoms with E-state index >= 15 is 0 Å². The molecule has 1 aliphatic heterocycles. The predicted octanol–water partition coefficient (Wildman–Crippen LogP) is 7.30. The molecule has 1 saturated carbocycles. The second-order valence-electron chi connectivity index (χ2n) is 13.3. The van der Waals surface area contributed by atoms with E-state index in [1.807, 2.05) is 17.0 Å². The van der Waals surface area contributed by atoms with E-state index in [0.29, 0.717) is 36.6 Å². The predicted molar refractivity (Wildman–Crippen MR) is 168 cm³/mol. The first-order chi connectivity index (χ1) is 21.7. The third kappa shape index (κ3) is 7.11. The van der Waals surface area contributed by atoms with Crippen molar-refractivity contribution in [1.82, 2.24) is 30.8 Å². The van der Waals surface area contributed by atoms with Crippen LogP contribution in [0.15, 0.2) is 47.5 Å². The summed E-state index contributed by atoms with van der Waals surface area (Å²) in [5.74, 6) is 0.0357. The van der Waals surface area contributed by atoms with Crippen LogP contribution in [0.3, 0.4) is 0 Å². The Morgan fingerprint density at radius 2 is 1.83 bits per heavy atom. The number of benzene rings is 2. The molecule has 1 aromatic heterocycles. The summed E-state index contributed by atoms with van der Waals surface area (Å²) in [5.41, 5.74) is -0.456. The number of amides is 2. The fourth-order valence-corrected chi connectivity index (χ4v) is 6.87. The molecule has 0 saturated heterocycles. The van der Waals surface area contributed by atoms with Gasteiger partial charge in [-0.1, -0.05) is 69.5 Å². The van der Waals surface area contributed by atoms with Gasteiger partial charge in [-0.15, -0.1) is 10.2 Å². The first kappa shape index (κ1) is 33.6. The standard InChI is InChI=1S/C33H39ClF3N7O2/c1-5-6-7-26(20-8-10-21(11-9-20)29(45)38-19-27-40-42-43-41-27)44-30(46)28(22-16-24(33(35,36)37)18-25(34)17-22)39-32(44)14-12-23(13-15-32)31(2,3)4/h8-11,16-18,23,26H,5-7,12-15,19H2,1-4H3,(H,38,45)(H,40,41,42,43)/t23?,26-,32?/m1/s1. The van der Waals surface area contributed by atoms with Gasteiger partial charge in [0.2, 0.25) is 0 Å². The summed E-state index contributed by atoms with van der Waals surface area (Å²) in [6.07, 6.45) is 0.528. The van der Waals surface area contributed by atoms with E-state index in [-0.39, 0.29) is 34.2 Å². The van der Waals surface area contributed by atoms with Crippen LogP contribution >= 0.6 is 11.6 Å². The Morgan fingerprint density at radius 1 is 1.13 bits per heavy atom. The SMILES string of the molecule is CCCC[C@H](c1ccc(C(=O)NCc2nn[nH]n2)cc1)N1C(=O)C(c2cc(Cl)cc(C(F)(F)F)c2)=NC12CCC(C(C)(C)C)CC2. The number of unbranched alkanes of at least 4 members (excludes halogenated alkanes) is 1. The lowest BCUT2D eigenvalue weighted by Crippen LogP contribution is -2.51. The lowest BCUT2D eigenvalue weighted by Gasteiger charge is -2.47. The first-order valence-electron chi connectivity index (χ1n) is 15.6. The van der Waals surface area contributed by atoms with Gasteiger partial charge < -0.3 is 10.2 Å². The van der Waals surface area contributed by atoms with Gasteiger partial charge in [0, 0.05) is 16.1 Å². The van der Waals surface area contributed by atoms with Gasteiger partial charge in [-0.3, -0.25) is 14.6 Å². The Kier molecular flexibility index (Phi) is 9.58. The molecule has 46 heavy (non-hydrogen) atoms. The molecule has 0 bridgehead atoms. The van der Waals surface area contributed by atoms with Crippen LogP contribution in [0.2, 0.25) is 5.02 Å². The molecule has 1 aliphatic carbocycles. The minimum Gasteiger partial charge on any atom is -0.345 e. The molecule has 2 aliphatic rings. The Labute approximate surface area is 271 Å². The van der Waals surface area contributed by atoms with Gasteiger partial charge in [0.15, 0.2) is 5.82 Å². The molecule has 1 fully saturated rings. The molecule has 246 valence electrons. The number of nitrogens with zero attached hydrogens (tertiary/aromatic N) is 5. The summed E-state index contributed by atoms with van der Waals surface area (Å²) < 4.78 is 41.3. The average Bonchev–Trinajstić information content (AvgIpc) is 3.62. The van der Waals surface area contributed by atoms with Crippen LogP contribution in [0.1, 0.15) is 112 Å². The molecular weight excluding hydrogens is 619 g/mol. The van der Waals surface area contributed by atoms with Crippen LogP contribution in [-0.4, -0.2) is 48.7 Å². The van der Waals surface area contributed by atoms with E-state index in [1.165, 1.54) is 6.07 Å². The lowest BCUT2D eigenvalue weighted by atomic mass is 9.69. The van der Waals surface area contributed by atoms with Gasteiger partial charge in [-0.05, 0) is 79.3 Å². The van der Waals surface area contributed by atoms with Crippen LogP contribution in [0.25, 0.3) is 0 Å². The van der Waals surface area contributed by atoms with E-state index in [2.05, 4.69) is 53.6 Å². The number of aliphatic imine (C=N–C) groups is 1. The number of alkyl halides is 3. The molecule has 1 atom stereocenters. The molecule has 2 aromatic carbocycles. The molecule has 2 amide bonds. The maximum Gasteiger partial charge on any atom is 0.416 e. The number of H-pyrrole nitrogens is 1. The van der Waals surface area contributed by atoms with Crippen molar-refractivity contribution in [2.24, 2.45) is 16.3 Å². The van der Waals surface area contributed by atoms with Crippen molar-refractivity contribution in [3.8, 4) is 0 Å². The van der Waals surface area contributed by atoms with Gasteiger partial charge in [0.1, 0.15) is 11.4 Å². The number of hydrogen-bond acceptors (Lipinski definition) is 6. The van der Waals surface area contributed by atoms with E-state index in [0.717, 1.165) is 43.4 Å². The van der Waals surface area contributed by atoms with Gasteiger partial charge in [-0.25, -0.2) is 0 Å². The number of carbonyl (C=O) groups excluding carboxylic acids is 2. The number of halogens is 4. The summed E-state index contributed by atoms with van der Waals surface area (Å²) >= 11 is 6.16. The molecule has 5 rings (SSSR count). The van der Waals surface area contributed by atoms with E-state index in [9.17, 15) is 22.8 Å². The van der Waals surface area contributed by atoms with Gasteiger partial charge in [0.05, 0.1) is 18.2 Å². The van der Waals surface area contributed by atoms with Gasteiger partial charge >= 0.3 is 6.18 Å². The topological polar surface area (TPSA) is 116 Å². The molecule has 0 unspecified atom stereocenters. The summed E-state index contributed by atoms with van der Waals surface area (Å²) in [6, 6.07) is 9.89. The highest BCUT2D eigenvalue weighted by atomic mass is 35.5. The molecular formula is C33H39ClF3N7O2. The molecule has 13 heteroatoms. The lowest BCUT2D eigenvalue weighted by molar-refractivity contribution is -0.137. The van der Waals surface area contributed by atoms with Gasteiger partial charge in [-0.2, -0.15) is 18.4 Å². The second kappa shape index (κ2) is 13.1. The zero-order chi connectivity index (χ0) is 33.3. The fraction of sp³-hybridized carbons (Fsp3) is 0.515. The van der Waals surface area contributed by atoms with Crippen LogP contribution in [-0.2, 0) is 17.5 Å². The Bertz CT molecular complexity index is 1580. The van der Waals surface area contributed by atoms with Crippen LogP contribution in [0, 0.1) is 11.3 Å². The van der Waals surface area contributed by atoms with Crippen molar-refractivity contribution in [3.05, 3.63) is 75.6 Å². The maximum atomic E-state index is 14.5. The molecule has 3 aromatic rings. The highest BCUT2D eigenvalue weighted by Crippen LogP contribution is 2.50. The van der Waals surface area contributed by atoms with Crippen molar-refractivity contribution in [2.75, 3.05) is 0 Å². The first-order valence-corrected chi connectivity index (χ1v) is 16.0. The molecule has 9 nitrogen and oxygen atoms in total. The second-order valence-corrected chi connectivity index (χ2v) is 13.7. The largest absolute Gasteiger partial charge is 0.416 e. The average molecular weight is 658 g/mol. The van der Waals surface area contributed by atoms with Crippen molar-refractivity contribution >= 4 is 29.1 Å². The quantitative estimate of drug-likeness (QED) is 0.251. The Hall–Kier alpha value is -3.80. The van der Waals surface area contributed by atoms with Crippen LogP contribution in [0.4, 0.5) is 13.2 Å². The minimum atomic E-state index is -4.63. The fourth-order valence-electron chi connectivity index (χ4n) is 6.64. The Morgan fingerprint density at radius 3 is 2.41 bits per heavy atom. The normalized spacial score (nSPS) is 21.0. The molecule has 2 heterocycles. The van der Waals surface area contributed by atoms with Gasteiger partial charge in [0.25, 0.3) is 11.8 Å². The summed E-state index contributed by atoms with van der Waals surface area (Å²) in [6.45, 7) is 8.79. The minimum absolute atomic E-state index is 0.00108. The van der Waals surface area contributed by atoms with Crippen molar-refractivity contribution in [1.29, 1.82) is 0 Å². The number of hydrogen-bond donors (Lipinski definition) is 2. The maximum absolute atomic E-state index is 14.5.